The Morgan fingerprint density at radius 1 is 1.56 bits per heavy atom. The second-order valence-corrected chi connectivity index (χ2v) is 2.92. The fraction of sp³-hybridized carbons (Fsp3) is 0.714. The summed E-state index contributed by atoms with van der Waals surface area (Å²) in [6, 6.07) is 0. The predicted octanol–water partition coefficient (Wildman–Crippen LogP) is -0.753. The van der Waals surface area contributed by atoms with Crippen molar-refractivity contribution in [3.05, 3.63) is 0 Å². The average Bonchev–Trinajstić information content (AvgIpc) is 2.21. The average molecular weight is 242 g/mol. The fourth-order valence-corrected chi connectivity index (χ4v) is 0.876. The fourth-order valence-electron chi connectivity index (χ4n) is 0.876. The summed E-state index contributed by atoms with van der Waals surface area (Å²) in [4.78, 5) is 10.7. The van der Waals surface area contributed by atoms with Gasteiger partial charge in [-0.15, -0.1) is 0 Å². The molecule has 1 amide bonds. The van der Waals surface area contributed by atoms with Crippen molar-refractivity contribution in [3.8, 4) is 0 Å². The molecule has 1 atom stereocenters. The summed E-state index contributed by atoms with van der Waals surface area (Å²) in [5, 5.41) is 15.0. The van der Waals surface area contributed by atoms with Gasteiger partial charge in [-0.3, -0.25) is 4.79 Å². The van der Waals surface area contributed by atoms with Crippen molar-refractivity contribution in [2.75, 3.05) is 20.1 Å². The highest BCUT2D eigenvalue weighted by molar-refractivity contribution is 5.83. The largest absolute Gasteiger partial charge is 0.409 e. The maximum absolute atomic E-state index is 12.4. The maximum atomic E-state index is 12.4. The molecule has 0 heterocycles. The Morgan fingerprint density at radius 3 is 2.50 bits per heavy atom. The standard InChI is InChI=1S/C7H13F3N4O2/c1-12-5(15)3-13-2-4(6(11)14-16)7(8,9)10/h4,13,16H,2-3H2,1H3,(H2,11,14)(H,12,15). The van der Waals surface area contributed by atoms with Crippen molar-refractivity contribution in [2.45, 2.75) is 6.18 Å². The first-order chi connectivity index (χ1) is 7.32. The van der Waals surface area contributed by atoms with E-state index >= 15 is 0 Å². The Hall–Kier alpha value is -1.51. The van der Waals surface area contributed by atoms with Crippen LogP contribution in [0.4, 0.5) is 13.2 Å². The molecule has 0 fully saturated rings. The van der Waals surface area contributed by atoms with E-state index in [4.69, 9.17) is 10.9 Å². The number of amidine groups is 1. The lowest BCUT2D eigenvalue weighted by Gasteiger charge is -2.18. The molecule has 1 unspecified atom stereocenters. The van der Waals surface area contributed by atoms with Crippen LogP contribution in [-0.2, 0) is 4.79 Å². The highest BCUT2D eigenvalue weighted by Crippen LogP contribution is 2.25. The number of likely N-dealkylation sites (N-methyl/N-ethyl adjacent to an activating group) is 1. The van der Waals surface area contributed by atoms with Crippen molar-refractivity contribution in [2.24, 2.45) is 16.8 Å². The maximum Gasteiger partial charge on any atom is 0.400 e. The van der Waals surface area contributed by atoms with Crippen LogP contribution in [0.3, 0.4) is 0 Å². The van der Waals surface area contributed by atoms with E-state index in [9.17, 15) is 18.0 Å². The lowest BCUT2D eigenvalue weighted by atomic mass is 10.1. The highest BCUT2D eigenvalue weighted by Gasteiger charge is 2.42. The normalized spacial score (nSPS) is 14.6. The van der Waals surface area contributed by atoms with Crippen LogP contribution in [0.5, 0.6) is 0 Å². The monoisotopic (exact) mass is 242 g/mol. The SMILES string of the molecule is CNC(=O)CNCC(C(N)=NO)C(F)(F)F. The van der Waals surface area contributed by atoms with Crippen LogP contribution < -0.4 is 16.4 Å². The molecule has 0 spiro atoms. The highest BCUT2D eigenvalue weighted by atomic mass is 19.4. The van der Waals surface area contributed by atoms with Gasteiger partial charge in [0.2, 0.25) is 5.91 Å². The Balaban J connectivity index is 4.31. The van der Waals surface area contributed by atoms with Crippen molar-refractivity contribution in [1.29, 1.82) is 0 Å². The second-order valence-electron chi connectivity index (χ2n) is 2.92. The van der Waals surface area contributed by atoms with E-state index in [1.54, 1.807) is 0 Å². The van der Waals surface area contributed by atoms with Crippen LogP contribution in [-0.4, -0.2) is 43.3 Å². The van der Waals surface area contributed by atoms with Gasteiger partial charge < -0.3 is 21.6 Å². The molecule has 0 bridgehead atoms. The van der Waals surface area contributed by atoms with E-state index < -0.39 is 30.4 Å². The molecule has 0 rings (SSSR count). The van der Waals surface area contributed by atoms with E-state index in [-0.39, 0.29) is 6.54 Å². The first-order valence-corrected chi connectivity index (χ1v) is 4.28. The Bertz CT molecular complexity index is 267. The molecular formula is C7H13F3N4O2. The molecule has 0 aliphatic heterocycles. The summed E-state index contributed by atoms with van der Waals surface area (Å²) in [7, 11) is 1.36. The van der Waals surface area contributed by atoms with Crippen LogP contribution in [0.15, 0.2) is 5.16 Å². The summed E-state index contributed by atoms with van der Waals surface area (Å²) in [5.41, 5.74) is 4.89. The third kappa shape index (κ3) is 4.82. The van der Waals surface area contributed by atoms with Gasteiger partial charge in [0.05, 0.1) is 6.54 Å². The zero-order valence-corrected chi connectivity index (χ0v) is 8.51. The summed E-state index contributed by atoms with van der Waals surface area (Å²) in [6.07, 6.45) is -4.63. The zero-order valence-electron chi connectivity index (χ0n) is 8.51. The van der Waals surface area contributed by atoms with E-state index in [0.717, 1.165) is 0 Å². The number of carbonyl (C=O) groups excluding carboxylic acids is 1. The second kappa shape index (κ2) is 6.16. The smallest absolute Gasteiger partial charge is 0.400 e. The van der Waals surface area contributed by atoms with Crippen molar-refractivity contribution < 1.29 is 23.2 Å². The summed E-state index contributed by atoms with van der Waals surface area (Å²) < 4.78 is 37.1. The summed E-state index contributed by atoms with van der Waals surface area (Å²) in [6.45, 7) is -0.908. The molecule has 0 aromatic heterocycles. The molecule has 94 valence electrons. The number of hydrogen-bond acceptors (Lipinski definition) is 4. The molecule has 0 aromatic carbocycles. The molecule has 0 radical (unpaired) electrons. The number of alkyl halides is 3. The van der Waals surface area contributed by atoms with E-state index in [1.165, 1.54) is 7.05 Å². The molecule has 0 saturated carbocycles. The zero-order chi connectivity index (χ0) is 12.8. The third-order valence-electron chi connectivity index (χ3n) is 1.78. The number of amides is 1. The molecule has 16 heavy (non-hydrogen) atoms. The number of nitrogens with zero attached hydrogens (tertiary/aromatic N) is 1. The van der Waals surface area contributed by atoms with Crippen LogP contribution in [0, 0.1) is 5.92 Å². The molecular weight excluding hydrogens is 229 g/mol. The van der Waals surface area contributed by atoms with Gasteiger partial charge >= 0.3 is 6.18 Å². The molecule has 0 aliphatic rings. The molecule has 0 aliphatic carbocycles. The third-order valence-corrected chi connectivity index (χ3v) is 1.78. The Morgan fingerprint density at radius 2 is 2.12 bits per heavy atom. The quantitative estimate of drug-likeness (QED) is 0.220. The minimum absolute atomic E-state index is 0.276. The first-order valence-electron chi connectivity index (χ1n) is 4.28. The van der Waals surface area contributed by atoms with Crippen molar-refractivity contribution >= 4 is 11.7 Å². The topological polar surface area (TPSA) is 99.7 Å². The van der Waals surface area contributed by atoms with Gasteiger partial charge in [-0.2, -0.15) is 13.2 Å². The van der Waals surface area contributed by atoms with Gasteiger partial charge in [-0.05, 0) is 0 Å². The predicted molar refractivity (Wildman–Crippen MR) is 49.9 cm³/mol. The molecule has 0 saturated heterocycles. The van der Waals surface area contributed by atoms with E-state index in [2.05, 4.69) is 15.8 Å². The number of nitrogens with two attached hydrogens (primary N) is 1. The Kier molecular flexibility index (Phi) is 5.57. The van der Waals surface area contributed by atoms with Crippen LogP contribution in [0.1, 0.15) is 0 Å². The molecule has 5 N–H and O–H groups in total. The van der Waals surface area contributed by atoms with Gasteiger partial charge in [-0.1, -0.05) is 5.16 Å². The minimum atomic E-state index is -4.63. The first kappa shape index (κ1) is 14.5. The van der Waals surface area contributed by atoms with Gasteiger partial charge in [0.25, 0.3) is 0 Å². The van der Waals surface area contributed by atoms with Gasteiger partial charge in [-0.25, -0.2) is 0 Å². The van der Waals surface area contributed by atoms with Crippen molar-refractivity contribution in [3.63, 3.8) is 0 Å². The van der Waals surface area contributed by atoms with Crippen molar-refractivity contribution in [1.82, 2.24) is 10.6 Å². The van der Waals surface area contributed by atoms with E-state index in [0.29, 0.717) is 0 Å². The number of nitrogens with one attached hydrogen (secondary N) is 2. The van der Waals surface area contributed by atoms with E-state index in [1.807, 2.05) is 0 Å². The van der Waals surface area contributed by atoms with Crippen LogP contribution in [0.25, 0.3) is 0 Å². The molecule has 0 aromatic rings. The van der Waals surface area contributed by atoms with Gasteiger partial charge in [0.15, 0.2) is 5.84 Å². The number of carbonyl (C=O) groups is 1. The number of rotatable bonds is 5. The molecule has 6 nitrogen and oxygen atoms in total. The summed E-state index contributed by atoms with van der Waals surface area (Å²) >= 11 is 0. The van der Waals surface area contributed by atoms with Gasteiger partial charge in [0, 0.05) is 13.6 Å². The number of halogens is 3. The van der Waals surface area contributed by atoms with Gasteiger partial charge in [0.1, 0.15) is 5.92 Å². The van der Waals surface area contributed by atoms with Crippen LogP contribution >= 0.6 is 0 Å². The number of hydrogen-bond donors (Lipinski definition) is 4. The van der Waals surface area contributed by atoms with Crippen LogP contribution in [0.2, 0.25) is 0 Å². The minimum Gasteiger partial charge on any atom is -0.409 e. The lowest BCUT2D eigenvalue weighted by molar-refractivity contribution is -0.155. The lowest BCUT2D eigenvalue weighted by Crippen LogP contribution is -2.44. The molecule has 9 heteroatoms. The summed E-state index contributed by atoms with van der Waals surface area (Å²) in [5.74, 6) is -3.53. The number of oxime groups is 1. The Labute approximate surface area is 89.7 Å².